The van der Waals surface area contributed by atoms with Crippen LogP contribution in [0.25, 0.3) is 10.2 Å². The third kappa shape index (κ3) is 3.80. The zero-order chi connectivity index (χ0) is 17.8. The molecule has 0 aliphatic carbocycles. The van der Waals surface area contributed by atoms with Crippen molar-refractivity contribution in [3.63, 3.8) is 0 Å². The lowest BCUT2D eigenvalue weighted by Gasteiger charge is -2.11. The van der Waals surface area contributed by atoms with Crippen molar-refractivity contribution in [3.05, 3.63) is 63.8 Å². The van der Waals surface area contributed by atoms with Crippen LogP contribution >= 0.6 is 23.1 Å². The Morgan fingerprint density at radius 1 is 1.32 bits per heavy atom. The van der Waals surface area contributed by atoms with Gasteiger partial charge in [0.1, 0.15) is 10.6 Å². The highest BCUT2D eigenvalue weighted by atomic mass is 32.2. The first-order valence-electron chi connectivity index (χ1n) is 8.04. The topological polar surface area (TPSA) is 44.1 Å². The molecule has 0 spiro atoms. The molecule has 0 atom stereocenters. The van der Waals surface area contributed by atoms with E-state index in [2.05, 4.69) is 6.58 Å². The number of aromatic nitrogens is 2. The molecule has 2 heterocycles. The second-order valence-corrected chi connectivity index (χ2v) is 7.84. The van der Waals surface area contributed by atoms with Gasteiger partial charge >= 0.3 is 0 Å². The molecule has 25 heavy (non-hydrogen) atoms. The van der Waals surface area contributed by atoms with Gasteiger partial charge in [0, 0.05) is 17.2 Å². The van der Waals surface area contributed by atoms with Gasteiger partial charge in [-0.1, -0.05) is 36.0 Å². The summed E-state index contributed by atoms with van der Waals surface area (Å²) < 4.78 is 7.41. The Labute approximate surface area is 155 Å². The Morgan fingerprint density at radius 3 is 2.80 bits per heavy atom. The maximum atomic E-state index is 12.9. The van der Waals surface area contributed by atoms with Gasteiger partial charge in [0.05, 0.1) is 12.0 Å². The smallest absolute Gasteiger partial charge is 0.263 e. The number of hydrogen-bond donors (Lipinski definition) is 0. The molecule has 130 valence electrons. The molecule has 0 unspecified atom stereocenters. The van der Waals surface area contributed by atoms with Gasteiger partial charge in [-0.3, -0.25) is 9.36 Å². The van der Waals surface area contributed by atoms with Crippen molar-refractivity contribution in [1.82, 2.24) is 9.55 Å². The zero-order valence-electron chi connectivity index (χ0n) is 14.3. The van der Waals surface area contributed by atoms with E-state index in [-0.39, 0.29) is 5.56 Å². The molecule has 6 heteroatoms. The highest BCUT2D eigenvalue weighted by Crippen LogP contribution is 2.28. The van der Waals surface area contributed by atoms with Crippen molar-refractivity contribution < 1.29 is 4.74 Å². The van der Waals surface area contributed by atoms with E-state index in [9.17, 15) is 4.79 Å². The van der Waals surface area contributed by atoms with Crippen LogP contribution in [0.5, 0.6) is 5.75 Å². The van der Waals surface area contributed by atoms with Gasteiger partial charge in [-0.25, -0.2) is 4.98 Å². The van der Waals surface area contributed by atoms with Gasteiger partial charge in [0.15, 0.2) is 5.16 Å². The van der Waals surface area contributed by atoms with Crippen LogP contribution in [-0.2, 0) is 6.54 Å². The summed E-state index contributed by atoms with van der Waals surface area (Å²) in [5.74, 6) is 1.56. The van der Waals surface area contributed by atoms with Gasteiger partial charge in [-0.2, -0.15) is 0 Å². The van der Waals surface area contributed by atoms with E-state index in [1.54, 1.807) is 22.0 Å². The van der Waals surface area contributed by atoms with Crippen molar-refractivity contribution >= 4 is 33.3 Å². The first kappa shape index (κ1) is 17.8. The van der Waals surface area contributed by atoms with E-state index >= 15 is 0 Å². The predicted octanol–water partition coefficient (Wildman–Crippen LogP) is 4.43. The summed E-state index contributed by atoms with van der Waals surface area (Å²) in [5, 5.41) is 1.45. The van der Waals surface area contributed by atoms with Crippen LogP contribution < -0.4 is 10.3 Å². The molecule has 1 aromatic carbocycles. The molecular formula is C19H20N2O2S2. The molecule has 0 aliphatic rings. The Kier molecular flexibility index (Phi) is 5.60. The first-order chi connectivity index (χ1) is 12.1. The van der Waals surface area contributed by atoms with Gasteiger partial charge < -0.3 is 4.74 Å². The van der Waals surface area contributed by atoms with E-state index < -0.39 is 0 Å². The minimum absolute atomic E-state index is 0.0122. The third-order valence-corrected chi connectivity index (χ3v) is 5.93. The number of ether oxygens (including phenoxy) is 1. The molecule has 0 aliphatic heterocycles. The number of nitrogens with zero attached hydrogens (tertiary/aromatic N) is 2. The number of benzene rings is 1. The average Bonchev–Trinajstić information content (AvgIpc) is 2.90. The van der Waals surface area contributed by atoms with E-state index in [1.807, 2.05) is 44.2 Å². The summed E-state index contributed by atoms with van der Waals surface area (Å²) in [6, 6.07) is 9.71. The minimum Gasteiger partial charge on any atom is -0.493 e. The maximum Gasteiger partial charge on any atom is 0.263 e. The molecule has 2 aromatic heterocycles. The van der Waals surface area contributed by atoms with Crippen LogP contribution in [0.3, 0.4) is 0 Å². The average molecular weight is 373 g/mol. The first-order valence-corrected chi connectivity index (χ1v) is 9.84. The lowest BCUT2D eigenvalue weighted by Crippen LogP contribution is -2.23. The molecular weight excluding hydrogens is 352 g/mol. The molecule has 3 aromatic rings. The number of allylic oxidation sites excluding steroid dienone is 1. The summed E-state index contributed by atoms with van der Waals surface area (Å²) in [4.78, 5) is 19.5. The maximum absolute atomic E-state index is 12.9. The van der Waals surface area contributed by atoms with Crippen molar-refractivity contribution in [3.8, 4) is 5.75 Å². The molecule has 4 nitrogen and oxygen atoms in total. The lowest BCUT2D eigenvalue weighted by atomic mass is 10.2. The molecule has 0 fully saturated rings. The lowest BCUT2D eigenvalue weighted by molar-refractivity contribution is 0.344. The number of thioether (sulfide) groups is 1. The van der Waals surface area contributed by atoms with Crippen LogP contribution in [0, 0.1) is 13.8 Å². The van der Waals surface area contributed by atoms with Gasteiger partial charge in [-0.05, 0) is 31.5 Å². The van der Waals surface area contributed by atoms with Crippen molar-refractivity contribution in [2.45, 2.75) is 25.5 Å². The normalized spacial score (nSPS) is 11.0. The summed E-state index contributed by atoms with van der Waals surface area (Å²) in [5.41, 5.74) is 1.04. The van der Waals surface area contributed by atoms with Gasteiger partial charge in [0.25, 0.3) is 5.56 Å². The fourth-order valence-electron chi connectivity index (χ4n) is 2.52. The number of rotatable bonds is 7. The van der Waals surface area contributed by atoms with E-state index in [4.69, 9.17) is 9.72 Å². The van der Waals surface area contributed by atoms with Crippen LogP contribution in [0.1, 0.15) is 10.4 Å². The summed E-state index contributed by atoms with van der Waals surface area (Å²) in [6.07, 6.45) is 1.73. The zero-order valence-corrected chi connectivity index (χ0v) is 16.0. The molecule has 0 radical (unpaired) electrons. The Bertz CT molecular complexity index is 945. The second kappa shape index (κ2) is 7.89. The molecule has 3 rings (SSSR count). The Hall–Kier alpha value is -2.05. The monoisotopic (exact) mass is 372 g/mol. The largest absolute Gasteiger partial charge is 0.493 e. The number of fused-ring (bicyclic) bond motifs is 1. The third-order valence-electron chi connectivity index (χ3n) is 3.89. The number of aryl methyl sites for hydroxylation is 2. The van der Waals surface area contributed by atoms with Crippen molar-refractivity contribution in [2.24, 2.45) is 0 Å². The Balaban J connectivity index is 1.81. The predicted molar refractivity (Wildman–Crippen MR) is 106 cm³/mol. The number of hydrogen-bond acceptors (Lipinski definition) is 5. The molecule has 0 saturated carbocycles. The molecule has 0 amide bonds. The van der Waals surface area contributed by atoms with Crippen LogP contribution in [0.4, 0.5) is 0 Å². The number of para-hydroxylation sites is 1. The highest BCUT2D eigenvalue weighted by Gasteiger charge is 2.16. The number of thiophene rings is 1. The SMILES string of the molecule is C=CCn1c(SCCOc2ccccc2)nc2sc(C)c(C)c2c1=O. The summed E-state index contributed by atoms with van der Waals surface area (Å²) in [7, 11) is 0. The minimum atomic E-state index is 0.0122. The summed E-state index contributed by atoms with van der Waals surface area (Å²) in [6.45, 7) is 8.78. The van der Waals surface area contributed by atoms with E-state index in [0.717, 1.165) is 31.6 Å². The highest BCUT2D eigenvalue weighted by molar-refractivity contribution is 7.99. The van der Waals surface area contributed by atoms with Crippen molar-refractivity contribution in [2.75, 3.05) is 12.4 Å². The quantitative estimate of drug-likeness (QED) is 0.266. The molecule has 0 saturated heterocycles. The van der Waals surface area contributed by atoms with Gasteiger partial charge in [-0.15, -0.1) is 17.9 Å². The Morgan fingerprint density at radius 2 is 2.08 bits per heavy atom. The van der Waals surface area contributed by atoms with Crippen molar-refractivity contribution in [1.29, 1.82) is 0 Å². The molecule has 0 bridgehead atoms. The van der Waals surface area contributed by atoms with Crippen LogP contribution in [-0.4, -0.2) is 21.9 Å². The summed E-state index contributed by atoms with van der Waals surface area (Å²) >= 11 is 3.11. The fraction of sp³-hybridized carbons (Fsp3) is 0.263. The van der Waals surface area contributed by atoms with Gasteiger partial charge in [0.2, 0.25) is 0 Å². The van der Waals surface area contributed by atoms with Crippen LogP contribution in [0.2, 0.25) is 0 Å². The van der Waals surface area contributed by atoms with E-state index in [0.29, 0.717) is 18.9 Å². The molecule has 0 N–H and O–H groups in total. The van der Waals surface area contributed by atoms with E-state index in [1.165, 1.54) is 11.8 Å². The standard InChI is InChI=1S/C19H20N2O2S2/c1-4-10-21-18(22)16-13(2)14(3)25-17(16)20-19(21)24-12-11-23-15-8-6-5-7-9-15/h4-9H,1,10-12H2,2-3H3. The fourth-order valence-corrected chi connectivity index (χ4v) is 4.41. The van der Waals surface area contributed by atoms with Crippen LogP contribution in [0.15, 0.2) is 52.9 Å². The second-order valence-electron chi connectivity index (χ2n) is 5.57.